The molecule has 4 heterocycles. The Morgan fingerprint density at radius 3 is 2.74 bits per heavy atom. The molecule has 0 radical (unpaired) electrons. The maximum Gasteiger partial charge on any atom is 0.228 e. The second-order valence-corrected chi connectivity index (χ2v) is 9.54. The summed E-state index contributed by atoms with van der Waals surface area (Å²) < 4.78 is 12.3. The number of aliphatic hydroxyl groups excluding tert-OH is 1. The van der Waals surface area contributed by atoms with E-state index in [1.807, 2.05) is 42.2 Å². The van der Waals surface area contributed by atoms with Crippen LogP contribution in [0.4, 0.5) is 0 Å². The molecule has 4 atom stereocenters. The van der Waals surface area contributed by atoms with Crippen LogP contribution in [0.3, 0.4) is 0 Å². The van der Waals surface area contributed by atoms with Gasteiger partial charge in [-0.25, -0.2) is 4.98 Å². The third kappa shape index (κ3) is 3.49. The van der Waals surface area contributed by atoms with Crippen LogP contribution in [0.1, 0.15) is 25.3 Å². The van der Waals surface area contributed by atoms with Crippen LogP contribution in [0.2, 0.25) is 0 Å². The highest BCUT2D eigenvalue weighted by atomic mass is 16.5. The van der Waals surface area contributed by atoms with Gasteiger partial charge in [0.25, 0.3) is 0 Å². The third-order valence-corrected chi connectivity index (χ3v) is 7.34. The third-order valence-electron chi connectivity index (χ3n) is 7.34. The van der Waals surface area contributed by atoms with Gasteiger partial charge >= 0.3 is 0 Å². The van der Waals surface area contributed by atoms with Crippen LogP contribution in [0.5, 0.6) is 0 Å². The summed E-state index contributed by atoms with van der Waals surface area (Å²) >= 11 is 0. The zero-order valence-corrected chi connectivity index (χ0v) is 18.5. The van der Waals surface area contributed by atoms with Crippen molar-refractivity contribution in [2.24, 2.45) is 11.8 Å². The number of aryl methyl sites for hydroxylation is 1. The standard InChI is InChI=1S/C24H31N3O4/c1-15(2)26-10-19-18(12-28)21-11-27(14-24(19,13-26)31-21)22(29)9-20-16(3)30-23(25-20)17-7-5-4-6-8-17/h4-8,15,18-19,21,28H,9-14H2,1-3H3/t18-,19+,21+,24-/m0/s1. The van der Waals surface area contributed by atoms with Crippen molar-refractivity contribution in [3.63, 3.8) is 0 Å². The highest BCUT2D eigenvalue weighted by Gasteiger charge is 2.62. The van der Waals surface area contributed by atoms with Crippen LogP contribution in [0.15, 0.2) is 34.7 Å². The Hall–Kier alpha value is -2.22. The summed E-state index contributed by atoms with van der Waals surface area (Å²) in [5.41, 5.74) is 1.22. The van der Waals surface area contributed by atoms with Gasteiger partial charge < -0.3 is 19.2 Å². The van der Waals surface area contributed by atoms with Gasteiger partial charge in [0.1, 0.15) is 11.4 Å². The number of nitrogens with zero attached hydrogens (tertiary/aromatic N) is 3. The first kappa shape index (κ1) is 20.7. The van der Waals surface area contributed by atoms with Crippen molar-refractivity contribution >= 4 is 5.91 Å². The number of carbonyl (C=O) groups is 1. The summed E-state index contributed by atoms with van der Waals surface area (Å²) in [6.07, 6.45) is 0.119. The molecule has 0 saturated carbocycles. The summed E-state index contributed by atoms with van der Waals surface area (Å²) in [6.45, 7) is 9.19. The molecule has 1 aromatic carbocycles. The van der Waals surface area contributed by atoms with Gasteiger partial charge in [-0.05, 0) is 32.9 Å². The Labute approximate surface area is 183 Å². The number of hydrogen-bond acceptors (Lipinski definition) is 6. The van der Waals surface area contributed by atoms with Gasteiger partial charge in [-0.1, -0.05) is 18.2 Å². The summed E-state index contributed by atoms with van der Waals surface area (Å²) in [5, 5.41) is 10.1. The van der Waals surface area contributed by atoms with Gasteiger partial charge in [-0.3, -0.25) is 9.69 Å². The lowest BCUT2D eigenvalue weighted by molar-refractivity contribution is -0.153. The number of aliphatic hydroxyl groups is 1. The lowest BCUT2D eigenvalue weighted by Crippen LogP contribution is -2.56. The molecule has 2 bridgehead atoms. The first-order valence-corrected chi connectivity index (χ1v) is 11.2. The Morgan fingerprint density at radius 2 is 2.03 bits per heavy atom. The number of rotatable bonds is 5. The van der Waals surface area contributed by atoms with Crippen LogP contribution in [-0.2, 0) is 16.0 Å². The van der Waals surface area contributed by atoms with Crippen molar-refractivity contribution in [3.05, 3.63) is 41.8 Å². The molecule has 1 aromatic heterocycles. The van der Waals surface area contributed by atoms with E-state index in [1.54, 1.807) is 0 Å². The lowest BCUT2D eigenvalue weighted by atomic mass is 9.83. The van der Waals surface area contributed by atoms with E-state index in [-0.39, 0.29) is 42.5 Å². The number of fused-ring (bicyclic) bond motifs is 1. The second-order valence-electron chi connectivity index (χ2n) is 9.54. The zero-order valence-electron chi connectivity index (χ0n) is 18.5. The molecule has 166 valence electrons. The number of carbonyl (C=O) groups excluding carboxylic acids is 1. The van der Waals surface area contributed by atoms with E-state index in [0.717, 1.165) is 18.7 Å². The topological polar surface area (TPSA) is 79.0 Å². The minimum atomic E-state index is -0.371. The van der Waals surface area contributed by atoms with E-state index < -0.39 is 0 Å². The highest BCUT2D eigenvalue weighted by molar-refractivity contribution is 5.79. The molecule has 3 aliphatic heterocycles. The van der Waals surface area contributed by atoms with E-state index in [9.17, 15) is 9.90 Å². The number of aromatic nitrogens is 1. The molecule has 31 heavy (non-hydrogen) atoms. The van der Waals surface area contributed by atoms with Crippen molar-refractivity contribution in [2.45, 2.75) is 44.9 Å². The Balaban J connectivity index is 1.34. The van der Waals surface area contributed by atoms with Crippen LogP contribution in [0.25, 0.3) is 11.5 Å². The number of hydrogen-bond donors (Lipinski definition) is 1. The Bertz CT molecular complexity index is 959. The minimum absolute atomic E-state index is 0.0454. The smallest absolute Gasteiger partial charge is 0.228 e. The first-order valence-electron chi connectivity index (χ1n) is 11.2. The lowest BCUT2D eigenvalue weighted by Gasteiger charge is -2.40. The molecule has 1 amide bonds. The highest BCUT2D eigenvalue weighted by Crippen LogP contribution is 2.49. The molecular formula is C24H31N3O4. The average Bonchev–Trinajstić information content (AvgIpc) is 3.36. The summed E-state index contributed by atoms with van der Waals surface area (Å²) in [7, 11) is 0. The molecule has 5 rings (SSSR count). The fraction of sp³-hybridized carbons (Fsp3) is 0.583. The van der Waals surface area contributed by atoms with Gasteiger partial charge in [-0.15, -0.1) is 0 Å². The SMILES string of the molecule is Cc1oc(-c2ccccc2)nc1CC(=O)N1C[C@H]2O[C@]3(C1)CN(C(C)C)C[C@@H]3[C@@H]2CO. The van der Waals surface area contributed by atoms with E-state index in [0.29, 0.717) is 36.5 Å². The van der Waals surface area contributed by atoms with E-state index in [4.69, 9.17) is 9.15 Å². The number of likely N-dealkylation sites (tertiary alicyclic amines) is 2. The molecule has 7 heteroatoms. The van der Waals surface area contributed by atoms with Gasteiger partial charge in [-0.2, -0.15) is 0 Å². The number of oxazole rings is 1. The van der Waals surface area contributed by atoms with Crippen LogP contribution in [0, 0.1) is 18.8 Å². The molecule has 0 aliphatic carbocycles. The van der Waals surface area contributed by atoms with Crippen LogP contribution in [-0.4, -0.2) is 76.3 Å². The first-order chi connectivity index (χ1) is 14.9. The summed E-state index contributed by atoms with van der Waals surface area (Å²) in [4.78, 5) is 22.2. The Kier molecular flexibility index (Phi) is 5.15. The molecular weight excluding hydrogens is 394 g/mol. The van der Waals surface area contributed by atoms with Crippen molar-refractivity contribution in [2.75, 3.05) is 32.8 Å². The van der Waals surface area contributed by atoms with E-state index >= 15 is 0 Å². The number of amides is 1. The molecule has 7 nitrogen and oxygen atoms in total. The molecule has 0 unspecified atom stereocenters. The van der Waals surface area contributed by atoms with Gasteiger partial charge in [0, 0.05) is 49.7 Å². The van der Waals surface area contributed by atoms with Crippen molar-refractivity contribution in [1.29, 1.82) is 0 Å². The second kappa shape index (κ2) is 7.73. The van der Waals surface area contributed by atoms with E-state index in [2.05, 4.69) is 23.7 Å². The molecule has 3 fully saturated rings. The molecule has 1 N–H and O–H groups in total. The molecule has 1 spiro atoms. The molecule has 3 saturated heterocycles. The summed E-state index contributed by atoms with van der Waals surface area (Å²) in [5.74, 6) is 1.62. The largest absolute Gasteiger partial charge is 0.441 e. The van der Waals surface area contributed by atoms with Crippen molar-refractivity contribution < 1.29 is 19.1 Å². The predicted molar refractivity (Wildman–Crippen MR) is 115 cm³/mol. The van der Waals surface area contributed by atoms with E-state index in [1.165, 1.54) is 0 Å². The fourth-order valence-corrected chi connectivity index (χ4v) is 5.60. The van der Waals surface area contributed by atoms with Gasteiger partial charge in [0.15, 0.2) is 0 Å². The fourth-order valence-electron chi connectivity index (χ4n) is 5.60. The zero-order chi connectivity index (χ0) is 21.8. The minimum Gasteiger partial charge on any atom is -0.441 e. The average molecular weight is 426 g/mol. The van der Waals surface area contributed by atoms with Crippen LogP contribution < -0.4 is 0 Å². The Morgan fingerprint density at radius 1 is 1.26 bits per heavy atom. The quantitative estimate of drug-likeness (QED) is 0.791. The molecule has 2 aromatic rings. The number of morpholine rings is 1. The van der Waals surface area contributed by atoms with Gasteiger partial charge in [0.05, 0.1) is 24.8 Å². The van der Waals surface area contributed by atoms with Crippen molar-refractivity contribution in [1.82, 2.24) is 14.8 Å². The molecule has 3 aliphatic rings. The predicted octanol–water partition coefficient (Wildman–Crippen LogP) is 2.12. The number of benzene rings is 1. The number of ether oxygens (including phenoxy) is 1. The maximum absolute atomic E-state index is 13.3. The van der Waals surface area contributed by atoms with Crippen molar-refractivity contribution in [3.8, 4) is 11.5 Å². The van der Waals surface area contributed by atoms with Gasteiger partial charge in [0.2, 0.25) is 11.8 Å². The van der Waals surface area contributed by atoms with Crippen LogP contribution >= 0.6 is 0 Å². The monoisotopic (exact) mass is 425 g/mol. The normalized spacial score (nSPS) is 30.2. The summed E-state index contributed by atoms with van der Waals surface area (Å²) in [6, 6.07) is 10.2. The maximum atomic E-state index is 13.3.